The minimum Gasteiger partial charge on any atom is -0.268 e. The van der Waals surface area contributed by atoms with Crippen LogP contribution in [-0.2, 0) is 14.9 Å². The first-order valence-corrected chi connectivity index (χ1v) is 7.41. The maximum Gasteiger partial charge on any atom is 0.333 e. The van der Waals surface area contributed by atoms with Gasteiger partial charge in [-0.3, -0.25) is 19.4 Å². The number of carbonyl (C=O) groups is 3. The van der Waals surface area contributed by atoms with Gasteiger partial charge in [0, 0.05) is 24.3 Å². The molecule has 100 valence electrons. The molecular weight excluding hydrogens is 332 g/mol. The van der Waals surface area contributed by atoms with E-state index >= 15 is 0 Å². The highest BCUT2D eigenvalue weighted by Gasteiger charge is 2.37. The van der Waals surface area contributed by atoms with E-state index in [0.717, 1.165) is 20.2 Å². The second-order valence-electron chi connectivity index (χ2n) is 4.01. The fourth-order valence-electron chi connectivity index (χ4n) is 1.69. The van der Waals surface area contributed by atoms with Crippen LogP contribution in [0.5, 0.6) is 0 Å². The van der Waals surface area contributed by atoms with Crippen molar-refractivity contribution in [1.82, 2.24) is 9.80 Å². The molecule has 1 fully saturated rings. The van der Waals surface area contributed by atoms with E-state index < -0.39 is 17.8 Å². The molecule has 4 amide bonds. The normalized spacial score (nSPS) is 16.4. The van der Waals surface area contributed by atoms with Gasteiger partial charge in [0.25, 0.3) is 11.8 Å². The molecule has 0 radical (unpaired) electrons. The standard InChI is InChI=1S/C12H11BrN2O3S/c1-14-10(16)8(11(17)15(2)12(14)18)5-9-7(6-13)3-4-19-9/h3-5H,6H2,1-2H3. The number of nitrogens with zero attached hydrogens (tertiary/aromatic N) is 2. The monoisotopic (exact) mass is 342 g/mol. The van der Waals surface area contributed by atoms with Gasteiger partial charge in [0.05, 0.1) is 0 Å². The zero-order valence-corrected chi connectivity index (χ0v) is 12.7. The molecule has 0 saturated carbocycles. The first kappa shape index (κ1) is 14.0. The fraction of sp³-hybridized carbons (Fsp3) is 0.250. The van der Waals surface area contributed by atoms with E-state index in [1.54, 1.807) is 6.08 Å². The largest absolute Gasteiger partial charge is 0.333 e. The van der Waals surface area contributed by atoms with E-state index in [2.05, 4.69) is 15.9 Å². The van der Waals surface area contributed by atoms with Crippen molar-refractivity contribution in [3.63, 3.8) is 0 Å². The molecule has 0 spiro atoms. The van der Waals surface area contributed by atoms with Crippen molar-refractivity contribution in [3.8, 4) is 0 Å². The highest BCUT2D eigenvalue weighted by atomic mass is 79.9. The summed E-state index contributed by atoms with van der Waals surface area (Å²) in [5, 5.41) is 2.53. The molecule has 0 aliphatic carbocycles. The molecule has 0 atom stereocenters. The molecule has 2 rings (SSSR count). The van der Waals surface area contributed by atoms with Crippen molar-refractivity contribution in [2.45, 2.75) is 5.33 Å². The predicted molar refractivity (Wildman–Crippen MR) is 75.9 cm³/mol. The number of barbiturate groups is 1. The van der Waals surface area contributed by atoms with Gasteiger partial charge in [0.15, 0.2) is 0 Å². The highest BCUT2D eigenvalue weighted by Crippen LogP contribution is 2.25. The van der Waals surface area contributed by atoms with Gasteiger partial charge in [0.1, 0.15) is 5.57 Å². The van der Waals surface area contributed by atoms with Crippen LogP contribution >= 0.6 is 27.3 Å². The molecule has 1 aliphatic heterocycles. The molecule has 0 bridgehead atoms. The summed E-state index contributed by atoms with van der Waals surface area (Å²) in [5.74, 6) is -1.14. The number of carbonyl (C=O) groups excluding carboxylic acids is 3. The lowest BCUT2D eigenvalue weighted by atomic mass is 10.1. The van der Waals surface area contributed by atoms with E-state index in [0.29, 0.717) is 5.33 Å². The van der Waals surface area contributed by atoms with Crippen LogP contribution in [0.25, 0.3) is 6.08 Å². The van der Waals surface area contributed by atoms with Crippen molar-refractivity contribution < 1.29 is 14.4 Å². The number of likely N-dealkylation sites (N-methyl/N-ethyl adjacent to an activating group) is 2. The molecule has 5 nitrogen and oxygen atoms in total. The number of hydrogen-bond donors (Lipinski definition) is 0. The quantitative estimate of drug-likeness (QED) is 0.469. The maximum absolute atomic E-state index is 12.0. The summed E-state index contributed by atoms with van der Waals surface area (Å²) in [5.41, 5.74) is 1.01. The summed E-state index contributed by atoms with van der Waals surface area (Å²) in [7, 11) is 2.72. The average Bonchev–Trinajstić information content (AvgIpc) is 2.86. The van der Waals surface area contributed by atoms with E-state index in [9.17, 15) is 14.4 Å². The molecule has 0 unspecified atom stereocenters. The molecule has 19 heavy (non-hydrogen) atoms. The lowest BCUT2D eigenvalue weighted by Gasteiger charge is -2.28. The number of amides is 4. The molecule has 1 aromatic rings. The van der Waals surface area contributed by atoms with Crippen LogP contribution in [-0.4, -0.2) is 41.7 Å². The van der Waals surface area contributed by atoms with Crippen LogP contribution < -0.4 is 0 Å². The number of urea groups is 1. The Labute approximate surface area is 122 Å². The highest BCUT2D eigenvalue weighted by molar-refractivity contribution is 9.08. The van der Waals surface area contributed by atoms with Crippen LogP contribution in [0.2, 0.25) is 0 Å². The first-order valence-electron chi connectivity index (χ1n) is 5.41. The minimum absolute atomic E-state index is 0.00856. The average molecular weight is 343 g/mol. The number of rotatable bonds is 2. The van der Waals surface area contributed by atoms with Crippen LogP contribution in [0.1, 0.15) is 10.4 Å². The Hall–Kier alpha value is -1.47. The fourth-order valence-corrected chi connectivity index (χ4v) is 3.22. The van der Waals surface area contributed by atoms with Crippen LogP contribution in [0, 0.1) is 0 Å². The molecular formula is C12H11BrN2O3S. The van der Waals surface area contributed by atoms with Crippen molar-refractivity contribution in [2.24, 2.45) is 0 Å². The Balaban J connectivity index is 2.46. The Bertz CT molecular complexity index is 568. The number of thiophene rings is 1. The second kappa shape index (κ2) is 5.26. The van der Waals surface area contributed by atoms with Gasteiger partial charge in [-0.15, -0.1) is 11.3 Å². The van der Waals surface area contributed by atoms with Gasteiger partial charge in [-0.05, 0) is 23.1 Å². The minimum atomic E-state index is -0.612. The van der Waals surface area contributed by atoms with Crippen molar-refractivity contribution >= 4 is 51.2 Å². The summed E-state index contributed by atoms with van der Waals surface area (Å²) in [6.45, 7) is 0. The number of alkyl halides is 1. The Morgan fingerprint density at radius 1 is 1.21 bits per heavy atom. The van der Waals surface area contributed by atoms with Crippen molar-refractivity contribution in [3.05, 3.63) is 27.5 Å². The third kappa shape index (κ3) is 2.35. The summed E-state index contributed by atoms with van der Waals surface area (Å²) >= 11 is 4.79. The third-order valence-electron chi connectivity index (χ3n) is 2.84. The van der Waals surface area contributed by atoms with Gasteiger partial charge in [-0.1, -0.05) is 15.9 Å². The van der Waals surface area contributed by atoms with Gasteiger partial charge in [-0.2, -0.15) is 0 Å². The van der Waals surface area contributed by atoms with Crippen LogP contribution in [0.4, 0.5) is 4.79 Å². The molecule has 2 heterocycles. The zero-order chi connectivity index (χ0) is 14.2. The zero-order valence-electron chi connectivity index (χ0n) is 10.3. The van der Waals surface area contributed by atoms with E-state index in [1.807, 2.05) is 11.4 Å². The van der Waals surface area contributed by atoms with Crippen molar-refractivity contribution in [1.29, 1.82) is 0 Å². The molecule has 0 aromatic carbocycles. The molecule has 7 heteroatoms. The maximum atomic E-state index is 12.0. The summed E-state index contributed by atoms with van der Waals surface area (Å²) in [4.78, 5) is 38.3. The Morgan fingerprint density at radius 2 is 1.79 bits per heavy atom. The van der Waals surface area contributed by atoms with Crippen LogP contribution in [0.3, 0.4) is 0 Å². The topological polar surface area (TPSA) is 57.7 Å². The smallest absolute Gasteiger partial charge is 0.268 e. The summed E-state index contributed by atoms with van der Waals surface area (Å²) in [6, 6.07) is 1.31. The van der Waals surface area contributed by atoms with Gasteiger partial charge < -0.3 is 0 Å². The number of halogens is 1. The summed E-state index contributed by atoms with van der Waals surface area (Å²) < 4.78 is 0. The Kier molecular flexibility index (Phi) is 3.86. The van der Waals surface area contributed by atoms with Crippen LogP contribution in [0.15, 0.2) is 17.0 Å². The summed E-state index contributed by atoms with van der Waals surface area (Å²) in [6.07, 6.45) is 1.55. The second-order valence-corrected chi connectivity index (χ2v) is 5.52. The van der Waals surface area contributed by atoms with E-state index in [4.69, 9.17) is 0 Å². The van der Waals surface area contributed by atoms with E-state index in [-0.39, 0.29) is 5.57 Å². The SMILES string of the molecule is CN1C(=O)C(=Cc2sccc2CBr)C(=O)N(C)C1=O. The lowest BCUT2D eigenvalue weighted by molar-refractivity contribution is -0.134. The van der Waals surface area contributed by atoms with Gasteiger partial charge in [0.2, 0.25) is 0 Å². The molecule has 1 saturated heterocycles. The third-order valence-corrected chi connectivity index (χ3v) is 4.35. The predicted octanol–water partition coefficient (Wildman–Crippen LogP) is 2.08. The lowest BCUT2D eigenvalue weighted by Crippen LogP contribution is -2.52. The number of imide groups is 2. The van der Waals surface area contributed by atoms with E-state index in [1.165, 1.54) is 25.4 Å². The van der Waals surface area contributed by atoms with Gasteiger partial charge >= 0.3 is 6.03 Å². The number of hydrogen-bond acceptors (Lipinski definition) is 4. The molecule has 1 aliphatic rings. The first-order chi connectivity index (χ1) is 8.97. The van der Waals surface area contributed by atoms with Gasteiger partial charge in [-0.25, -0.2) is 4.79 Å². The van der Waals surface area contributed by atoms with Crippen molar-refractivity contribution in [2.75, 3.05) is 14.1 Å². The Morgan fingerprint density at radius 3 is 2.32 bits per heavy atom. The molecule has 0 N–H and O–H groups in total. The molecule has 1 aromatic heterocycles.